The van der Waals surface area contributed by atoms with E-state index in [0.29, 0.717) is 12.8 Å². The van der Waals surface area contributed by atoms with Gasteiger partial charge in [0.15, 0.2) is 6.10 Å². The molecule has 10 heteroatoms. The Morgan fingerprint density at radius 2 is 0.915 bits per heavy atom. The van der Waals surface area contributed by atoms with Crippen LogP contribution >= 0.6 is 7.82 Å². The summed E-state index contributed by atoms with van der Waals surface area (Å²) in [5.74, 6) is -0.843. The summed E-state index contributed by atoms with van der Waals surface area (Å²) in [6, 6.07) is 0. The largest absolute Gasteiger partial charge is 0.472 e. The molecule has 3 N–H and O–H groups in total. The lowest BCUT2D eigenvalue weighted by atomic mass is 10.0. The predicted octanol–water partition coefficient (Wildman–Crippen LogP) is 14.3. The number of phosphoric acid groups is 1. The molecule has 0 bridgehead atoms. The number of ether oxygens (including phenoxy) is 2. The summed E-state index contributed by atoms with van der Waals surface area (Å²) in [7, 11) is -4.38. The second-order valence-corrected chi connectivity index (χ2v) is 17.4. The number of carbonyl (C=O) groups is 2. The molecule has 0 aliphatic rings. The minimum Gasteiger partial charge on any atom is -0.462 e. The maximum absolute atomic E-state index is 12.6. The third-order valence-electron chi connectivity index (χ3n) is 10.2. The van der Waals surface area contributed by atoms with E-state index in [-0.39, 0.29) is 32.6 Å². The van der Waals surface area contributed by atoms with Gasteiger partial charge in [0, 0.05) is 19.4 Å². The lowest BCUT2D eigenvalue weighted by molar-refractivity contribution is -0.161. The van der Waals surface area contributed by atoms with E-state index in [4.69, 9.17) is 24.3 Å². The van der Waals surface area contributed by atoms with Crippen LogP contribution in [0.4, 0.5) is 0 Å². The Morgan fingerprint density at radius 1 is 0.508 bits per heavy atom. The van der Waals surface area contributed by atoms with Gasteiger partial charge < -0.3 is 20.1 Å². The number of esters is 2. The average molecular weight is 852 g/mol. The van der Waals surface area contributed by atoms with Gasteiger partial charge in [-0.15, -0.1) is 0 Å². The van der Waals surface area contributed by atoms with Gasteiger partial charge in [0.25, 0.3) is 0 Å². The van der Waals surface area contributed by atoms with Crippen molar-refractivity contribution in [2.24, 2.45) is 5.73 Å². The molecule has 0 aliphatic heterocycles. The maximum Gasteiger partial charge on any atom is 0.472 e. The molecule has 0 aromatic carbocycles. The second kappa shape index (κ2) is 45.5. The van der Waals surface area contributed by atoms with E-state index in [9.17, 15) is 19.0 Å². The molecule has 0 aromatic heterocycles. The first-order valence-electron chi connectivity index (χ1n) is 24.1. The lowest BCUT2D eigenvalue weighted by Crippen LogP contribution is -2.29. The minimum absolute atomic E-state index is 0.0504. The molecular weight excluding hydrogens is 762 g/mol. The number of phosphoric ester groups is 1. The van der Waals surface area contributed by atoms with E-state index in [1.54, 1.807) is 0 Å². The third-order valence-corrected chi connectivity index (χ3v) is 11.2. The highest BCUT2D eigenvalue weighted by Gasteiger charge is 2.26. The van der Waals surface area contributed by atoms with Gasteiger partial charge in [-0.2, -0.15) is 0 Å². The fourth-order valence-electron chi connectivity index (χ4n) is 6.59. The van der Waals surface area contributed by atoms with Crippen LogP contribution in [0.25, 0.3) is 0 Å². The number of hydrogen-bond donors (Lipinski definition) is 2. The van der Waals surface area contributed by atoms with Crippen LogP contribution in [0.1, 0.15) is 219 Å². The Bertz CT molecular complexity index is 1110. The van der Waals surface area contributed by atoms with Crippen molar-refractivity contribution in [1.29, 1.82) is 0 Å². The highest BCUT2D eigenvalue weighted by Crippen LogP contribution is 2.43. The highest BCUT2D eigenvalue weighted by atomic mass is 31.2. The molecule has 0 amide bonds. The molecular formula is C49H90NO8P. The Balaban J connectivity index is 4.02. The number of rotatable bonds is 45. The fourth-order valence-corrected chi connectivity index (χ4v) is 7.35. The zero-order valence-electron chi connectivity index (χ0n) is 38.0. The summed E-state index contributed by atoms with van der Waals surface area (Å²) in [6.45, 7) is 3.65. The SMILES string of the molecule is CCC/C=C\C/C=C\CCCCCCCC(=O)OCC(COP(=O)(O)OCCN)OC(=O)CCCCCCCCCCCCCCC/C=C\C/C=C\CCCCCCC. The molecule has 0 heterocycles. The van der Waals surface area contributed by atoms with Crippen LogP contribution < -0.4 is 5.73 Å². The van der Waals surface area contributed by atoms with Gasteiger partial charge in [-0.3, -0.25) is 18.6 Å². The fraction of sp³-hybridized carbons (Fsp3) is 0.796. The Labute approximate surface area is 362 Å². The number of nitrogens with two attached hydrogens (primary N) is 1. The van der Waals surface area contributed by atoms with E-state index >= 15 is 0 Å². The summed E-state index contributed by atoms with van der Waals surface area (Å²) >= 11 is 0. The van der Waals surface area contributed by atoms with Crippen molar-refractivity contribution in [3.8, 4) is 0 Å². The maximum atomic E-state index is 12.6. The van der Waals surface area contributed by atoms with Crippen LogP contribution in [0.15, 0.2) is 48.6 Å². The van der Waals surface area contributed by atoms with Crippen molar-refractivity contribution in [2.75, 3.05) is 26.4 Å². The molecule has 0 aliphatic carbocycles. The van der Waals surface area contributed by atoms with E-state index in [0.717, 1.165) is 70.6 Å². The number of unbranched alkanes of at least 4 members (excludes halogenated alkanes) is 24. The van der Waals surface area contributed by atoms with Gasteiger partial charge in [0.1, 0.15) is 6.61 Å². The summed E-state index contributed by atoms with van der Waals surface area (Å²) < 4.78 is 32.8. The monoisotopic (exact) mass is 852 g/mol. The quantitative estimate of drug-likeness (QED) is 0.0266. The number of allylic oxidation sites excluding steroid dienone is 8. The second-order valence-electron chi connectivity index (χ2n) is 16.0. The summed E-state index contributed by atoms with van der Waals surface area (Å²) in [5, 5.41) is 0. The van der Waals surface area contributed by atoms with Crippen LogP contribution in [0.5, 0.6) is 0 Å². The molecule has 0 radical (unpaired) electrons. The Hall–Kier alpha value is -2.03. The molecule has 344 valence electrons. The molecule has 0 spiro atoms. The molecule has 0 saturated carbocycles. The van der Waals surface area contributed by atoms with E-state index in [2.05, 4.69) is 62.5 Å². The lowest BCUT2D eigenvalue weighted by Gasteiger charge is -2.19. The molecule has 0 aromatic rings. The zero-order valence-corrected chi connectivity index (χ0v) is 38.9. The van der Waals surface area contributed by atoms with Gasteiger partial charge in [-0.05, 0) is 70.6 Å². The van der Waals surface area contributed by atoms with Crippen molar-refractivity contribution in [3.05, 3.63) is 48.6 Å². The van der Waals surface area contributed by atoms with Gasteiger partial charge in [0.05, 0.1) is 13.2 Å². The first-order chi connectivity index (χ1) is 28.8. The summed E-state index contributed by atoms with van der Waals surface area (Å²) in [4.78, 5) is 34.9. The molecule has 2 unspecified atom stereocenters. The summed E-state index contributed by atoms with van der Waals surface area (Å²) in [6.07, 6.45) is 52.9. The number of hydrogen-bond acceptors (Lipinski definition) is 8. The van der Waals surface area contributed by atoms with Crippen molar-refractivity contribution in [3.63, 3.8) is 0 Å². The van der Waals surface area contributed by atoms with Gasteiger partial charge in [-0.1, -0.05) is 184 Å². The normalized spacial score (nSPS) is 13.6. The zero-order chi connectivity index (χ0) is 43.2. The van der Waals surface area contributed by atoms with Crippen LogP contribution in [-0.4, -0.2) is 49.3 Å². The number of carbonyl (C=O) groups excluding carboxylic acids is 2. The molecule has 0 fully saturated rings. The van der Waals surface area contributed by atoms with Crippen LogP contribution in [0.3, 0.4) is 0 Å². The molecule has 0 rings (SSSR count). The molecule has 0 saturated heterocycles. The highest BCUT2D eigenvalue weighted by molar-refractivity contribution is 7.47. The van der Waals surface area contributed by atoms with Crippen molar-refractivity contribution in [1.82, 2.24) is 0 Å². The summed E-state index contributed by atoms with van der Waals surface area (Å²) in [5.41, 5.74) is 5.35. The predicted molar refractivity (Wildman–Crippen MR) is 247 cm³/mol. The third kappa shape index (κ3) is 45.3. The minimum atomic E-state index is -4.38. The topological polar surface area (TPSA) is 134 Å². The van der Waals surface area contributed by atoms with Gasteiger partial charge >= 0.3 is 19.8 Å². The Morgan fingerprint density at radius 3 is 1.36 bits per heavy atom. The van der Waals surface area contributed by atoms with Gasteiger partial charge in [0.2, 0.25) is 0 Å². The molecule has 59 heavy (non-hydrogen) atoms. The van der Waals surface area contributed by atoms with Crippen molar-refractivity contribution in [2.45, 2.75) is 225 Å². The molecule has 2 atom stereocenters. The van der Waals surface area contributed by atoms with E-state index in [1.165, 1.54) is 109 Å². The van der Waals surface area contributed by atoms with Crippen LogP contribution in [-0.2, 0) is 32.7 Å². The van der Waals surface area contributed by atoms with E-state index < -0.39 is 32.5 Å². The van der Waals surface area contributed by atoms with Crippen molar-refractivity contribution >= 4 is 19.8 Å². The molecule has 9 nitrogen and oxygen atoms in total. The van der Waals surface area contributed by atoms with Crippen molar-refractivity contribution < 1.29 is 37.6 Å². The smallest absolute Gasteiger partial charge is 0.462 e. The van der Waals surface area contributed by atoms with Crippen LogP contribution in [0, 0.1) is 0 Å². The average Bonchev–Trinajstić information content (AvgIpc) is 3.22. The van der Waals surface area contributed by atoms with Gasteiger partial charge in [-0.25, -0.2) is 4.57 Å². The Kier molecular flexibility index (Phi) is 43.9. The van der Waals surface area contributed by atoms with E-state index in [1.807, 2.05) is 0 Å². The standard InChI is InChI=1S/C49H90NO8P/c1-3-5-7-9-11-13-15-17-18-19-20-21-22-23-24-25-26-27-28-30-32-34-36-38-40-42-49(52)58-47(46-57-59(53,54)56-44-43-50)45-55-48(51)41-39-37-35-33-31-29-16-14-12-10-8-6-4-2/h8,10,14-17,19-20,47H,3-7,9,11-13,18,21-46,50H2,1-2H3,(H,53,54)/b10-8-,16-14-,17-15-,20-19-. The first-order valence-corrected chi connectivity index (χ1v) is 25.6. The first kappa shape index (κ1) is 57.0. The van der Waals surface area contributed by atoms with Crippen LogP contribution in [0.2, 0.25) is 0 Å².